The molecule has 0 unspecified atom stereocenters. The monoisotopic (exact) mass is 365 g/mol. The van der Waals surface area contributed by atoms with Crippen molar-refractivity contribution in [3.05, 3.63) is 58.6 Å². The zero-order chi connectivity index (χ0) is 18.0. The van der Waals surface area contributed by atoms with E-state index in [0.29, 0.717) is 31.2 Å². The number of anilines is 2. The number of urea groups is 1. The number of halogens is 3. The van der Waals surface area contributed by atoms with Crippen molar-refractivity contribution in [2.24, 2.45) is 0 Å². The Balaban J connectivity index is 1.62. The number of nitrogens with zero attached hydrogens (tertiary/aromatic N) is 2. The maximum absolute atomic E-state index is 13.6. The highest BCUT2D eigenvalue weighted by Gasteiger charge is 2.23. The van der Waals surface area contributed by atoms with Gasteiger partial charge in [-0.1, -0.05) is 23.7 Å². The topological polar surface area (TPSA) is 35.6 Å². The summed E-state index contributed by atoms with van der Waals surface area (Å²) in [7, 11) is 0. The Hall–Kier alpha value is -2.34. The highest BCUT2D eigenvalue weighted by Crippen LogP contribution is 2.24. The minimum absolute atomic E-state index is 0.416. The zero-order valence-corrected chi connectivity index (χ0v) is 14.5. The molecular weight excluding hydrogens is 348 g/mol. The van der Waals surface area contributed by atoms with Crippen LogP contribution in [0.15, 0.2) is 36.4 Å². The summed E-state index contributed by atoms with van der Waals surface area (Å²) in [5.74, 6) is -1.58. The van der Waals surface area contributed by atoms with Crippen molar-refractivity contribution in [2.75, 3.05) is 36.4 Å². The van der Waals surface area contributed by atoms with Crippen molar-refractivity contribution in [2.45, 2.75) is 6.92 Å². The van der Waals surface area contributed by atoms with Crippen LogP contribution in [-0.4, -0.2) is 37.1 Å². The largest absolute Gasteiger partial charge is 0.368 e. The van der Waals surface area contributed by atoms with Crippen LogP contribution in [0, 0.1) is 18.6 Å². The Kier molecular flexibility index (Phi) is 5.08. The molecule has 2 aromatic rings. The number of carbonyl (C=O) groups excluding carboxylic acids is 1. The lowest BCUT2D eigenvalue weighted by Crippen LogP contribution is -2.50. The maximum Gasteiger partial charge on any atom is 0.322 e. The van der Waals surface area contributed by atoms with Crippen molar-refractivity contribution < 1.29 is 13.6 Å². The SMILES string of the molecule is Cc1ccc(N2CCN(C(=O)Nc3c(F)cccc3F)CC2)cc1Cl. The molecule has 0 spiro atoms. The van der Waals surface area contributed by atoms with Crippen LogP contribution < -0.4 is 10.2 Å². The fraction of sp³-hybridized carbons (Fsp3) is 0.278. The first kappa shape index (κ1) is 17.5. The number of piperazine rings is 1. The van der Waals surface area contributed by atoms with E-state index in [1.54, 1.807) is 0 Å². The van der Waals surface area contributed by atoms with E-state index in [1.807, 2.05) is 25.1 Å². The standard InChI is InChI=1S/C18H18ClF2N3O/c1-12-5-6-13(11-14(12)19)23-7-9-24(10-8-23)18(25)22-17-15(20)3-2-4-16(17)21/h2-6,11H,7-10H2,1H3,(H,22,25). The van der Waals surface area contributed by atoms with Gasteiger partial charge in [-0.05, 0) is 36.8 Å². The van der Waals surface area contributed by atoms with Gasteiger partial charge in [-0.3, -0.25) is 0 Å². The van der Waals surface area contributed by atoms with Crippen LogP contribution in [0.2, 0.25) is 5.02 Å². The van der Waals surface area contributed by atoms with E-state index in [1.165, 1.54) is 11.0 Å². The Morgan fingerprint density at radius 1 is 1.08 bits per heavy atom. The molecule has 4 nitrogen and oxygen atoms in total. The van der Waals surface area contributed by atoms with Crippen LogP contribution in [0.5, 0.6) is 0 Å². The van der Waals surface area contributed by atoms with Gasteiger partial charge in [-0.15, -0.1) is 0 Å². The van der Waals surface area contributed by atoms with E-state index in [2.05, 4.69) is 10.2 Å². The number of hydrogen-bond donors (Lipinski definition) is 1. The van der Waals surface area contributed by atoms with E-state index in [4.69, 9.17) is 11.6 Å². The van der Waals surface area contributed by atoms with Gasteiger partial charge in [0.15, 0.2) is 0 Å². The maximum atomic E-state index is 13.6. The lowest BCUT2D eigenvalue weighted by Gasteiger charge is -2.36. The second-order valence-electron chi connectivity index (χ2n) is 5.93. The van der Waals surface area contributed by atoms with E-state index in [0.717, 1.165) is 23.4 Å². The summed E-state index contributed by atoms with van der Waals surface area (Å²) in [6.45, 7) is 4.08. The highest BCUT2D eigenvalue weighted by atomic mass is 35.5. The van der Waals surface area contributed by atoms with Gasteiger partial charge < -0.3 is 15.1 Å². The Morgan fingerprint density at radius 3 is 2.32 bits per heavy atom. The third-order valence-electron chi connectivity index (χ3n) is 4.28. The van der Waals surface area contributed by atoms with Gasteiger partial charge >= 0.3 is 6.03 Å². The van der Waals surface area contributed by atoms with Gasteiger partial charge in [-0.25, -0.2) is 13.6 Å². The number of carbonyl (C=O) groups is 1. The average Bonchev–Trinajstić information content (AvgIpc) is 2.61. The molecule has 1 fully saturated rings. The molecule has 25 heavy (non-hydrogen) atoms. The van der Waals surface area contributed by atoms with Crippen LogP contribution in [0.25, 0.3) is 0 Å². The van der Waals surface area contributed by atoms with Crippen LogP contribution >= 0.6 is 11.6 Å². The quantitative estimate of drug-likeness (QED) is 0.862. The van der Waals surface area contributed by atoms with E-state index in [9.17, 15) is 13.6 Å². The molecule has 0 aromatic heterocycles. The molecule has 1 heterocycles. The summed E-state index contributed by atoms with van der Waals surface area (Å²) < 4.78 is 27.3. The van der Waals surface area contributed by atoms with Crippen LogP contribution in [-0.2, 0) is 0 Å². The van der Waals surface area contributed by atoms with Gasteiger partial charge in [0.1, 0.15) is 17.3 Å². The van der Waals surface area contributed by atoms with Gasteiger partial charge in [-0.2, -0.15) is 0 Å². The molecule has 1 aliphatic rings. The number of nitrogens with one attached hydrogen (secondary N) is 1. The smallest absolute Gasteiger partial charge is 0.322 e. The molecular formula is C18H18ClF2N3O. The average molecular weight is 366 g/mol. The van der Waals surface area contributed by atoms with Gasteiger partial charge in [0.25, 0.3) is 0 Å². The Bertz CT molecular complexity index is 772. The molecule has 1 saturated heterocycles. The minimum Gasteiger partial charge on any atom is -0.368 e. The minimum atomic E-state index is -0.790. The van der Waals surface area contributed by atoms with Crippen molar-refractivity contribution in [1.82, 2.24) is 4.90 Å². The van der Waals surface area contributed by atoms with E-state index >= 15 is 0 Å². The fourth-order valence-corrected chi connectivity index (χ4v) is 2.92. The molecule has 2 amide bonds. The summed E-state index contributed by atoms with van der Waals surface area (Å²) in [5, 5.41) is 3.02. The normalized spacial score (nSPS) is 14.6. The first-order valence-corrected chi connectivity index (χ1v) is 8.34. The predicted octanol–water partition coefficient (Wildman–Crippen LogP) is 4.28. The predicted molar refractivity (Wildman–Crippen MR) is 95.4 cm³/mol. The number of rotatable bonds is 2. The third-order valence-corrected chi connectivity index (χ3v) is 4.69. The summed E-state index contributed by atoms with van der Waals surface area (Å²) in [4.78, 5) is 15.9. The first-order chi connectivity index (χ1) is 12.0. The van der Waals surface area contributed by atoms with Crippen molar-refractivity contribution in [3.63, 3.8) is 0 Å². The summed E-state index contributed by atoms with van der Waals surface area (Å²) in [5.41, 5.74) is 1.59. The highest BCUT2D eigenvalue weighted by molar-refractivity contribution is 6.31. The van der Waals surface area contributed by atoms with Crippen LogP contribution in [0.4, 0.5) is 25.0 Å². The van der Waals surface area contributed by atoms with Crippen molar-refractivity contribution >= 4 is 29.0 Å². The third kappa shape index (κ3) is 3.85. The molecule has 0 saturated carbocycles. The lowest BCUT2D eigenvalue weighted by molar-refractivity contribution is 0.208. The molecule has 1 aliphatic heterocycles. The number of aryl methyl sites for hydroxylation is 1. The molecule has 7 heteroatoms. The fourth-order valence-electron chi connectivity index (χ4n) is 2.75. The molecule has 0 bridgehead atoms. The number of amides is 2. The first-order valence-electron chi connectivity index (χ1n) is 7.97. The summed E-state index contributed by atoms with van der Waals surface area (Å²) in [6, 6.07) is 8.82. The van der Waals surface area contributed by atoms with Gasteiger partial charge in [0.05, 0.1) is 0 Å². The lowest BCUT2D eigenvalue weighted by atomic mass is 10.2. The molecule has 2 aromatic carbocycles. The second-order valence-corrected chi connectivity index (χ2v) is 6.34. The summed E-state index contributed by atoms with van der Waals surface area (Å²) >= 11 is 6.16. The van der Waals surface area contributed by atoms with Crippen LogP contribution in [0.3, 0.4) is 0 Å². The van der Waals surface area contributed by atoms with Crippen LogP contribution in [0.1, 0.15) is 5.56 Å². The molecule has 0 radical (unpaired) electrons. The Labute approximate surface area is 150 Å². The number of benzene rings is 2. The van der Waals surface area contributed by atoms with E-state index < -0.39 is 23.4 Å². The van der Waals surface area contributed by atoms with Crippen molar-refractivity contribution in [1.29, 1.82) is 0 Å². The van der Waals surface area contributed by atoms with Crippen molar-refractivity contribution in [3.8, 4) is 0 Å². The van der Waals surface area contributed by atoms with Gasteiger partial charge in [0.2, 0.25) is 0 Å². The summed E-state index contributed by atoms with van der Waals surface area (Å²) in [6.07, 6.45) is 0. The zero-order valence-electron chi connectivity index (χ0n) is 13.7. The van der Waals surface area contributed by atoms with E-state index in [-0.39, 0.29) is 0 Å². The Morgan fingerprint density at radius 2 is 1.72 bits per heavy atom. The second kappa shape index (κ2) is 7.27. The molecule has 132 valence electrons. The van der Waals surface area contributed by atoms with Gasteiger partial charge in [0, 0.05) is 36.9 Å². The molecule has 1 N–H and O–H groups in total. The molecule has 0 aliphatic carbocycles. The molecule has 3 rings (SSSR count). The number of para-hydroxylation sites is 1. The number of hydrogen-bond acceptors (Lipinski definition) is 2. The molecule has 0 atom stereocenters.